The van der Waals surface area contributed by atoms with Gasteiger partial charge in [-0.3, -0.25) is 4.79 Å². The normalized spacial score (nSPS) is 13.4. The fourth-order valence-electron chi connectivity index (χ4n) is 2.32. The van der Waals surface area contributed by atoms with Crippen LogP contribution in [-0.4, -0.2) is 20.8 Å². The van der Waals surface area contributed by atoms with E-state index in [1.165, 1.54) is 18.2 Å². The Hall–Kier alpha value is -2.01. The molecule has 0 N–H and O–H groups in total. The monoisotopic (exact) mass is 305 g/mol. The third kappa shape index (κ3) is 2.61. The Labute approximate surface area is 126 Å². The van der Waals surface area contributed by atoms with Gasteiger partial charge in [-0.1, -0.05) is 18.5 Å². The lowest BCUT2D eigenvalue weighted by atomic mass is 10.2. The van der Waals surface area contributed by atoms with Crippen molar-refractivity contribution in [3.8, 4) is 0 Å². The molecule has 1 aromatic carbocycles. The first-order valence-corrected chi connectivity index (χ1v) is 7.04. The lowest BCUT2D eigenvalue weighted by molar-refractivity contribution is 0.0750. The second-order valence-corrected chi connectivity index (χ2v) is 5.31. The van der Waals surface area contributed by atoms with Gasteiger partial charge < -0.3 is 4.90 Å². The molecule has 2 heterocycles. The molecule has 0 aliphatic carbocycles. The SMILES string of the molecule is CCc1ncc2c(n1)CN(C(=O)c1ccc(F)c(Cl)c1)C2. The quantitative estimate of drug-likeness (QED) is 0.857. The van der Waals surface area contributed by atoms with Crippen molar-refractivity contribution in [1.82, 2.24) is 14.9 Å². The van der Waals surface area contributed by atoms with Crippen molar-refractivity contribution in [3.63, 3.8) is 0 Å². The van der Waals surface area contributed by atoms with Crippen LogP contribution in [0.4, 0.5) is 4.39 Å². The summed E-state index contributed by atoms with van der Waals surface area (Å²) in [6, 6.07) is 3.99. The molecular weight excluding hydrogens is 293 g/mol. The number of halogens is 2. The second-order valence-electron chi connectivity index (χ2n) is 4.90. The maximum atomic E-state index is 13.2. The molecule has 0 bridgehead atoms. The molecule has 1 aliphatic heterocycles. The Kier molecular flexibility index (Phi) is 3.59. The Morgan fingerprint density at radius 1 is 1.43 bits per heavy atom. The number of amides is 1. The number of aryl methyl sites for hydroxylation is 1. The number of carbonyl (C=O) groups is 1. The summed E-state index contributed by atoms with van der Waals surface area (Å²) >= 11 is 5.73. The Balaban J connectivity index is 1.83. The molecule has 21 heavy (non-hydrogen) atoms. The molecule has 3 rings (SSSR count). The van der Waals surface area contributed by atoms with Crippen molar-refractivity contribution in [2.24, 2.45) is 0 Å². The van der Waals surface area contributed by atoms with Gasteiger partial charge in [-0.15, -0.1) is 0 Å². The summed E-state index contributed by atoms with van der Waals surface area (Å²) < 4.78 is 13.2. The van der Waals surface area contributed by atoms with Crippen molar-refractivity contribution in [2.45, 2.75) is 26.4 Å². The Bertz CT molecular complexity index is 720. The number of aromatic nitrogens is 2. The van der Waals surface area contributed by atoms with E-state index < -0.39 is 5.82 Å². The maximum absolute atomic E-state index is 13.2. The van der Waals surface area contributed by atoms with Crippen LogP contribution in [-0.2, 0) is 19.5 Å². The van der Waals surface area contributed by atoms with Crippen LogP contribution in [0.1, 0.15) is 34.4 Å². The molecule has 6 heteroatoms. The maximum Gasteiger partial charge on any atom is 0.254 e. The first kappa shape index (κ1) is 13.9. The van der Waals surface area contributed by atoms with Gasteiger partial charge in [0, 0.05) is 30.3 Å². The van der Waals surface area contributed by atoms with E-state index in [1.807, 2.05) is 6.92 Å². The number of hydrogen-bond acceptors (Lipinski definition) is 3. The smallest absolute Gasteiger partial charge is 0.254 e. The third-order valence-electron chi connectivity index (χ3n) is 3.48. The van der Waals surface area contributed by atoms with Crippen LogP contribution >= 0.6 is 11.6 Å². The zero-order valence-corrected chi connectivity index (χ0v) is 12.2. The van der Waals surface area contributed by atoms with Crippen LogP contribution in [0.15, 0.2) is 24.4 Å². The zero-order valence-electron chi connectivity index (χ0n) is 11.4. The first-order valence-electron chi connectivity index (χ1n) is 6.66. The van der Waals surface area contributed by atoms with Crippen LogP contribution in [0.25, 0.3) is 0 Å². The molecule has 0 radical (unpaired) electrons. The highest BCUT2D eigenvalue weighted by atomic mass is 35.5. The van der Waals surface area contributed by atoms with E-state index in [-0.39, 0.29) is 10.9 Å². The Morgan fingerprint density at radius 3 is 2.95 bits per heavy atom. The van der Waals surface area contributed by atoms with Crippen molar-refractivity contribution in [2.75, 3.05) is 0 Å². The van der Waals surface area contributed by atoms with Gasteiger partial charge >= 0.3 is 0 Å². The summed E-state index contributed by atoms with van der Waals surface area (Å²) in [6.45, 7) is 2.89. The van der Waals surface area contributed by atoms with Gasteiger partial charge in [0.2, 0.25) is 0 Å². The van der Waals surface area contributed by atoms with Gasteiger partial charge in [-0.25, -0.2) is 14.4 Å². The number of fused-ring (bicyclic) bond motifs is 1. The predicted molar refractivity (Wildman–Crippen MR) is 76.4 cm³/mol. The van der Waals surface area contributed by atoms with Crippen molar-refractivity contribution in [3.05, 3.63) is 57.9 Å². The minimum absolute atomic E-state index is 0.0503. The molecule has 0 saturated carbocycles. The standard InChI is InChI=1S/C15H13ClFN3O/c1-2-14-18-6-10-7-20(8-13(10)19-14)15(21)9-3-4-12(17)11(16)5-9/h3-6H,2,7-8H2,1H3. The summed E-state index contributed by atoms with van der Waals surface area (Å²) in [4.78, 5) is 22.8. The van der Waals surface area contributed by atoms with Gasteiger partial charge in [0.1, 0.15) is 11.6 Å². The third-order valence-corrected chi connectivity index (χ3v) is 3.77. The molecule has 0 fully saturated rings. The average molecular weight is 306 g/mol. The van der Waals surface area contributed by atoms with Crippen molar-refractivity contribution in [1.29, 1.82) is 0 Å². The molecule has 2 aromatic rings. The van der Waals surface area contributed by atoms with Gasteiger partial charge in [-0.05, 0) is 18.2 Å². The summed E-state index contributed by atoms with van der Waals surface area (Å²) in [5, 5.41) is -0.0503. The topological polar surface area (TPSA) is 46.1 Å². The summed E-state index contributed by atoms with van der Waals surface area (Å²) in [5.41, 5.74) is 2.20. The molecule has 0 atom stereocenters. The molecule has 1 amide bonds. The van der Waals surface area contributed by atoms with Crippen LogP contribution in [0.2, 0.25) is 5.02 Å². The van der Waals surface area contributed by atoms with E-state index in [0.717, 1.165) is 23.5 Å². The molecule has 1 aliphatic rings. The van der Waals surface area contributed by atoms with Gasteiger partial charge in [0.25, 0.3) is 5.91 Å². The van der Waals surface area contributed by atoms with Gasteiger partial charge in [0.15, 0.2) is 0 Å². The van der Waals surface area contributed by atoms with Gasteiger partial charge in [-0.2, -0.15) is 0 Å². The lowest BCUT2D eigenvalue weighted by Crippen LogP contribution is -2.25. The molecule has 1 aromatic heterocycles. The largest absolute Gasteiger partial charge is 0.328 e. The molecule has 0 saturated heterocycles. The second kappa shape index (κ2) is 5.41. The number of rotatable bonds is 2. The van der Waals surface area contributed by atoms with E-state index in [9.17, 15) is 9.18 Å². The van der Waals surface area contributed by atoms with Crippen LogP contribution in [0.5, 0.6) is 0 Å². The van der Waals surface area contributed by atoms with Crippen molar-refractivity contribution < 1.29 is 9.18 Å². The number of nitrogens with zero attached hydrogens (tertiary/aromatic N) is 3. The van der Waals surface area contributed by atoms with E-state index >= 15 is 0 Å². The zero-order chi connectivity index (χ0) is 15.0. The highest BCUT2D eigenvalue weighted by Gasteiger charge is 2.26. The highest BCUT2D eigenvalue weighted by molar-refractivity contribution is 6.31. The predicted octanol–water partition coefficient (Wildman–Crippen LogP) is 2.99. The molecular formula is C15H13ClFN3O. The van der Waals surface area contributed by atoms with E-state index in [1.54, 1.807) is 11.1 Å². The molecule has 108 valence electrons. The minimum Gasteiger partial charge on any atom is -0.328 e. The Morgan fingerprint density at radius 2 is 2.24 bits per heavy atom. The number of benzene rings is 1. The summed E-state index contributed by atoms with van der Waals surface area (Å²) in [7, 11) is 0. The van der Waals surface area contributed by atoms with Crippen molar-refractivity contribution >= 4 is 17.5 Å². The molecule has 0 spiro atoms. The molecule has 0 unspecified atom stereocenters. The summed E-state index contributed by atoms with van der Waals surface area (Å²) in [5.74, 6) is 0.0530. The van der Waals surface area contributed by atoms with Crippen LogP contribution < -0.4 is 0 Å². The average Bonchev–Trinajstić information content (AvgIpc) is 2.92. The number of hydrogen-bond donors (Lipinski definition) is 0. The highest BCUT2D eigenvalue weighted by Crippen LogP contribution is 2.24. The van der Waals surface area contributed by atoms with E-state index in [4.69, 9.17) is 11.6 Å². The summed E-state index contributed by atoms with van der Waals surface area (Å²) in [6.07, 6.45) is 2.53. The first-order chi connectivity index (χ1) is 10.1. The number of carbonyl (C=O) groups excluding carboxylic acids is 1. The fourth-order valence-corrected chi connectivity index (χ4v) is 2.50. The lowest BCUT2D eigenvalue weighted by Gasteiger charge is -2.15. The van der Waals surface area contributed by atoms with Gasteiger partial charge in [0.05, 0.1) is 17.3 Å². The van der Waals surface area contributed by atoms with E-state index in [0.29, 0.717) is 18.7 Å². The minimum atomic E-state index is -0.531. The van der Waals surface area contributed by atoms with E-state index in [2.05, 4.69) is 9.97 Å². The molecule has 4 nitrogen and oxygen atoms in total. The van der Waals surface area contributed by atoms with Crippen LogP contribution in [0.3, 0.4) is 0 Å². The fraction of sp³-hybridized carbons (Fsp3) is 0.267. The van der Waals surface area contributed by atoms with Crippen LogP contribution in [0, 0.1) is 5.82 Å².